The van der Waals surface area contributed by atoms with Crippen molar-refractivity contribution in [2.24, 2.45) is 30.7 Å². The predicted octanol–water partition coefficient (Wildman–Crippen LogP) is 4.71. The fourth-order valence-electron chi connectivity index (χ4n) is 5.00. The fraction of sp³-hybridized carbons (Fsp3) is 0.478. The lowest BCUT2D eigenvalue weighted by Crippen LogP contribution is -2.49. The molecule has 5 aliphatic rings. The fourth-order valence-corrected chi connectivity index (χ4v) is 10.1. The second-order valence-corrected chi connectivity index (χ2v) is 13.9. The summed E-state index contributed by atoms with van der Waals surface area (Å²) >= 11 is 8.64. The molecular weight excluding hydrogens is 553 g/mol. The summed E-state index contributed by atoms with van der Waals surface area (Å²) in [6, 6.07) is 4.23. The van der Waals surface area contributed by atoms with Gasteiger partial charge in [-0.2, -0.15) is 0 Å². The molecule has 0 spiro atoms. The number of carbonyl (C=O) groups excluding carboxylic acids is 1. The van der Waals surface area contributed by atoms with Gasteiger partial charge in [-0.1, -0.05) is 12.1 Å². The minimum atomic E-state index is -1.18. The van der Waals surface area contributed by atoms with E-state index in [-0.39, 0.29) is 26.9 Å². The molecule has 6 rings (SSSR count). The third-order valence-corrected chi connectivity index (χ3v) is 11.7. The van der Waals surface area contributed by atoms with Crippen LogP contribution in [0.4, 0.5) is 4.79 Å². The van der Waals surface area contributed by atoms with Crippen molar-refractivity contribution in [3.63, 3.8) is 0 Å². The number of nitrogens with zero attached hydrogens (tertiary/aromatic N) is 5. The van der Waals surface area contributed by atoms with Gasteiger partial charge in [-0.05, 0) is 11.1 Å². The minimum Gasteiger partial charge on any atom is -0.432 e. The highest BCUT2D eigenvalue weighted by atomic mass is 32.2. The Kier molecular flexibility index (Phi) is 7.44. The topological polar surface area (TPSA) is 114 Å². The number of primary amides is 1. The molecule has 0 saturated heterocycles. The molecule has 5 atom stereocenters. The first-order valence-electron chi connectivity index (χ1n) is 11.5. The van der Waals surface area contributed by atoms with E-state index < -0.39 is 11.7 Å². The number of amides is 1. The second kappa shape index (κ2) is 10.8. The Labute approximate surface area is 230 Å². The van der Waals surface area contributed by atoms with Crippen LogP contribution >= 0.6 is 58.8 Å². The summed E-state index contributed by atoms with van der Waals surface area (Å²) < 4.78 is 6.20. The molecule has 0 aromatic heterocycles. The van der Waals surface area contributed by atoms with Gasteiger partial charge in [0.15, 0.2) is 0 Å². The average molecular weight is 577 g/mol. The van der Waals surface area contributed by atoms with Gasteiger partial charge in [0.25, 0.3) is 0 Å². The molecule has 0 aliphatic carbocycles. The Bertz CT molecular complexity index is 1170. The van der Waals surface area contributed by atoms with Crippen molar-refractivity contribution in [2.75, 3.05) is 28.8 Å². The molecule has 8 nitrogen and oxygen atoms in total. The monoisotopic (exact) mass is 576 g/mol. The summed E-state index contributed by atoms with van der Waals surface area (Å²) in [6.07, 6.45) is 8.86. The maximum Gasteiger partial charge on any atom is 0.405 e. The van der Waals surface area contributed by atoms with E-state index in [0.29, 0.717) is 0 Å². The van der Waals surface area contributed by atoms with Crippen molar-refractivity contribution < 1.29 is 9.53 Å². The Hall–Kier alpha value is -1.41. The van der Waals surface area contributed by atoms with Crippen LogP contribution in [0.2, 0.25) is 0 Å². The van der Waals surface area contributed by atoms with Crippen LogP contribution in [0.15, 0.2) is 37.1 Å². The SMILES string of the molecule is NC(=O)OC(c1ccc(C2N=CCS2)c(C2N=CCS2)c1C1N=CCS1)(C1N=CCS1)C1N=CCS1. The van der Waals surface area contributed by atoms with Gasteiger partial charge in [0, 0.05) is 71.0 Å². The van der Waals surface area contributed by atoms with Crippen LogP contribution in [0, 0.1) is 0 Å². The van der Waals surface area contributed by atoms with E-state index in [0.717, 1.165) is 51.0 Å². The predicted molar refractivity (Wildman–Crippen MR) is 159 cm³/mol. The lowest BCUT2D eigenvalue weighted by Gasteiger charge is -2.41. The number of hydrogen-bond acceptors (Lipinski definition) is 12. The molecule has 0 bridgehead atoms. The van der Waals surface area contributed by atoms with Crippen molar-refractivity contribution in [3.05, 3.63) is 34.4 Å². The Morgan fingerprint density at radius 2 is 1.22 bits per heavy atom. The minimum absolute atomic E-state index is 0.00351. The van der Waals surface area contributed by atoms with Crippen LogP contribution in [0.5, 0.6) is 0 Å². The Balaban J connectivity index is 1.64. The number of carbonyl (C=O) groups is 1. The van der Waals surface area contributed by atoms with Crippen LogP contribution in [-0.2, 0) is 10.3 Å². The molecule has 0 fully saturated rings. The number of nitrogens with two attached hydrogens (primary N) is 1. The van der Waals surface area contributed by atoms with Gasteiger partial charge in [0.05, 0.1) is 0 Å². The van der Waals surface area contributed by atoms with Crippen molar-refractivity contribution in [1.82, 2.24) is 0 Å². The van der Waals surface area contributed by atoms with Crippen LogP contribution in [0.1, 0.15) is 38.4 Å². The second-order valence-electron chi connectivity index (χ2n) is 8.33. The molecule has 0 saturated carbocycles. The standard InChI is InChI=1S/C23H24N6O2S5/c24-22(30)31-23(20-28-6-11-35-20,21-29-7-12-36-21)14-2-1-13(17-25-3-8-32-17)15(18-26-4-9-33-18)16(14)19-27-5-10-34-19/h1-7,17-21H,8-12H2,(H2,24,30). The summed E-state index contributed by atoms with van der Waals surface area (Å²) in [4.78, 5) is 36.6. The molecular formula is C23H24N6O2S5. The number of aliphatic imine (C=N–C) groups is 5. The van der Waals surface area contributed by atoms with Gasteiger partial charge in [-0.3, -0.25) is 25.0 Å². The van der Waals surface area contributed by atoms with E-state index in [1.54, 1.807) is 58.8 Å². The van der Waals surface area contributed by atoms with Gasteiger partial charge in [0.1, 0.15) is 26.9 Å². The Morgan fingerprint density at radius 3 is 1.69 bits per heavy atom. The number of rotatable bonds is 7. The van der Waals surface area contributed by atoms with Crippen LogP contribution in [-0.4, -0.2) is 76.7 Å². The van der Waals surface area contributed by atoms with Crippen molar-refractivity contribution in [3.8, 4) is 0 Å². The summed E-state index contributed by atoms with van der Waals surface area (Å²) in [6.45, 7) is 0. The smallest absolute Gasteiger partial charge is 0.405 e. The maximum atomic E-state index is 12.5. The molecule has 2 N–H and O–H groups in total. The summed E-state index contributed by atoms with van der Waals surface area (Å²) in [5, 5.41) is -0.964. The highest BCUT2D eigenvalue weighted by Crippen LogP contribution is 2.55. The zero-order valence-electron chi connectivity index (χ0n) is 19.1. The zero-order valence-corrected chi connectivity index (χ0v) is 23.2. The molecule has 188 valence electrons. The van der Waals surface area contributed by atoms with E-state index in [4.69, 9.17) is 35.4 Å². The highest BCUT2D eigenvalue weighted by Gasteiger charge is 2.55. The zero-order chi connectivity index (χ0) is 24.5. The first kappa shape index (κ1) is 24.9. The molecule has 5 unspecified atom stereocenters. The van der Waals surface area contributed by atoms with Crippen LogP contribution < -0.4 is 5.73 Å². The summed E-state index contributed by atoms with van der Waals surface area (Å²) in [7, 11) is 0. The molecule has 36 heavy (non-hydrogen) atoms. The van der Waals surface area contributed by atoms with Gasteiger partial charge >= 0.3 is 6.09 Å². The maximum absolute atomic E-state index is 12.5. The Morgan fingerprint density at radius 1 is 0.722 bits per heavy atom. The first-order chi connectivity index (χ1) is 17.7. The van der Waals surface area contributed by atoms with Crippen molar-refractivity contribution >= 4 is 96.0 Å². The van der Waals surface area contributed by atoms with E-state index in [9.17, 15) is 4.79 Å². The number of hydrogen-bond donors (Lipinski definition) is 1. The van der Waals surface area contributed by atoms with Gasteiger partial charge in [0.2, 0.25) is 5.60 Å². The molecule has 1 aromatic rings. The van der Waals surface area contributed by atoms with E-state index in [2.05, 4.69) is 12.1 Å². The van der Waals surface area contributed by atoms with Crippen molar-refractivity contribution in [2.45, 2.75) is 32.5 Å². The number of thioether (sulfide) groups is 5. The van der Waals surface area contributed by atoms with Gasteiger partial charge in [-0.15, -0.1) is 58.8 Å². The molecule has 5 aliphatic heterocycles. The van der Waals surface area contributed by atoms with Crippen LogP contribution in [0.25, 0.3) is 0 Å². The molecule has 13 heteroatoms. The number of benzene rings is 1. The summed E-state index contributed by atoms with van der Waals surface area (Å²) in [5.74, 6) is 4.03. The van der Waals surface area contributed by atoms with E-state index in [1.807, 2.05) is 31.1 Å². The van der Waals surface area contributed by atoms with E-state index in [1.165, 1.54) is 0 Å². The quantitative estimate of drug-likeness (QED) is 0.500. The van der Waals surface area contributed by atoms with Gasteiger partial charge in [-0.25, -0.2) is 4.79 Å². The molecule has 1 aromatic carbocycles. The lowest BCUT2D eigenvalue weighted by molar-refractivity contribution is 0.0122. The first-order valence-corrected chi connectivity index (χ1v) is 16.7. The third kappa shape index (κ3) is 4.44. The number of ether oxygens (including phenoxy) is 1. The normalized spacial score (nSPS) is 32.1. The summed E-state index contributed by atoms with van der Waals surface area (Å²) in [5.41, 5.74) is 8.77. The molecule has 5 heterocycles. The average Bonchev–Trinajstić information content (AvgIpc) is 3.73. The third-order valence-electron chi connectivity index (χ3n) is 6.35. The van der Waals surface area contributed by atoms with Crippen molar-refractivity contribution in [1.29, 1.82) is 0 Å². The largest absolute Gasteiger partial charge is 0.432 e. The van der Waals surface area contributed by atoms with Gasteiger partial charge < -0.3 is 10.5 Å². The van der Waals surface area contributed by atoms with E-state index >= 15 is 0 Å². The lowest BCUT2D eigenvalue weighted by atomic mass is 9.84. The molecule has 0 radical (unpaired) electrons. The van der Waals surface area contributed by atoms with Crippen LogP contribution in [0.3, 0.4) is 0 Å². The highest BCUT2D eigenvalue weighted by molar-refractivity contribution is 8.02. The molecule has 1 amide bonds.